The summed E-state index contributed by atoms with van der Waals surface area (Å²) in [5, 5.41) is 3.59. The molecule has 5 rings (SSSR count). The van der Waals surface area contributed by atoms with Gasteiger partial charge in [0.25, 0.3) is 0 Å². The average molecular weight is 763 g/mol. The lowest BCUT2D eigenvalue weighted by Gasteiger charge is -2.23. The maximum absolute atomic E-state index is 15.6. The van der Waals surface area contributed by atoms with Crippen LogP contribution in [0.1, 0.15) is 30.9 Å². The number of thioether (sulfide) groups is 1. The van der Waals surface area contributed by atoms with Gasteiger partial charge in [-0.3, -0.25) is 9.36 Å². The first kappa shape index (κ1) is 39.7. The zero-order valence-electron chi connectivity index (χ0n) is 30.5. The third-order valence-corrected chi connectivity index (χ3v) is 9.65. The normalized spacial score (nSPS) is 11.6. The molecule has 1 atom stereocenters. The van der Waals surface area contributed by atoms with Crippen LogP contribution in [0.5, 0.6) is 17.2 Å². The fraction of sp³-hybridized carbons (Fsp3) is 0.275. The van der Waals surface area contributed by atoms with Crippen LogP contribution in [0.4, 0.5) is 24.7 Å². The lowest BCUT2D eigenvalue weighted by atomic mass is 10.0. The third kappa shape index (κ3) is 9.36. The Morgan fingerprint density at radius 1 is 0.889 bits per heavy atom. The molecule has 284 valence electrons. The molecule has 0 amide bonds. The molecule has 0 aliphatic carbocycles. The van der Waals surface area contributed by atoms with Crippen LogP contribution < -0.4 is 24.4 Å². The number of ether oxygens (including phenoxy) is 4. The molecule has 0 spiro atoms. The standard InChI is InChI=1S/C40H41F3N4O6S/c1-6-53-39(49)19-28(15-16-48)44-22-25-7-9-26(10-8-25)27-17-33(42)31(34(43)18-27)24-54-40-45-23-38(47(40)30-11-13-32(41)36(21-30)51-4)46(2)29-12-14-35(50-3)37(20-29)52-5/h7-14,16-18,20-21,23,28,44H,6,15,19,22,24H2,1-5H3. The lowest BCUT2D eigenvalue weighted by molar-refractivity contribution is -0.143. The molecule has 5 aromatic rings. The SMILES string of the molecule is CCOC(=O)CC(CC=O)NCc1ccc(-c2cc(F)c(CSc3ncc(N(C)c4ccc(OC)c(OC)c4)n3-c3ccc(F)c(OC)c3)c(F)c2)cc1. The summed E-state index contributed by atoms with van der Waals surface area (Å²) >= 11 is 1.12. The highest BCUT2D eigenvalue weighted by molar-refractivity contribution is 7.98. The van der Waals surface area contributed by atoms with E-state index in [-0.39, 0.29) is 48.5 Å². The largest absolute Gasteiger partial charge is 0.494 e. The van der Waals surface area contributed by atoms with Crippen molar-refractivity contribution in [2.24, 2.45) is 0 Å². The maximum atomic E-state index is 15.6. The van der Waals surface area contributed by atoms with Gasteiger partial charge in [-0.15, -0.1) is 0 Å². The Morgan fingerprint density at radius 3 is 2.24 bits per heavy atom. The summed E-state index contributed by atoms with van der Waals surface area (Å²) in [7, 11) is 6.27. The van der Waals surface area contributed by atoms with Crippen molar-refractivity contribution in [3.05, 3.63) is 108 Å². The number of halogens is 3. The van der Waals surface area contributed by atoms with Crippen molar-refractivity contribution >= 4 is 35.5 Å². The van der Waals surface area contributed by atoms with Crippen LogP contribution in [0, 0.1) is 17.5 Å². The monoisotopic (exact) mass is 762 g/mol. The average Bonchev–Trinajstić information content (AvgIpc) is 3.60. The summed E-state index contributed by atoms with van der Waals surface area (Å²) < 4.78 is 68.6. The number of imidazole rings is 1. The van der Waals surface area contributed by atoms with E-state index in [0.717, 1.165) is 29.3 Å². The number of esters is 1. The summed E-state index contributed by atoms with van der Waals surface area (Å²) in [6.07, 6.45) is 2.58. The Morgan fingerprint density at radius 2 is 1.59 bits per heavy atom. The quantitative estimate of drug-likeness (QED) is 0.0536. The Bertz CT molecular complexity index is 2050. The van der Waals surface area contributed by atoms with E-state index in [9.17, 15) is 14.0 Å². The topological polar surface area (TPSA) is 104 Å². The van der Waals surface area contributed by atoms with Crippen LogP contribution in [0.3, 0.4) is 0 Å². The number of hydrogen-bond acceptors (Lipinski definition) is 10. The first-order valence-electron chi connectivity index (χ1n) is 17.0. The number of rotatable bonds is 18. The molecular weight excluding hydrogens is 722 g/mol. The number of carbonyl (C=O) groups excluding carboxylic acids is 2. The van der Waals surface area contributed by atoms with Gasteiger partial charge < -0.3 is 34.0 Å². The number of aromatic nitrogens is 2. The molecule has 1 N–H and O–H groups in total. The van der Waals surface area contributed by atoms with E-state index in [0.29, 0.717) is 45.8 Å². The molecule has 14 heteroatoms. The number of aldehydes is 1. The molecule has 4 aromatic carbocycles. The molecule has 0 aliphatic heterocycles. The highest BCUT2D eigenvalue weighted by Gasteiger charge is 2.22. The number of anilines is 2. The number of methoxy groups -OCH3 is 3. The van der Waals surface area contributed by atoms with Crippen molar-refractivity contribution in [2.75, 3.05) is 39.9 Å². The maximum Gasteiger partial charge on any atom is 0.307 e. The zero-order valence-corrected chi connectivity index (χ0v) is 31.3. The number of nitrogens with zero attached hydrogens (tertiary/aromatic N) is 3. The molecule has 10 nitrogen and oxygen atoms in total. The smallest absolute Gasteiger partial charge is 0.307 e. The van der Waals surface area contributed by atoms with Crippen LogP contribution >= 0.6 is 11.8 Å². The van der Waals surface area contributed by atoms with Gasteiger partial charge >= 0.3 is 5.97 Å². The minimum absolute atomic E-state index is 0.0185. The fourth-order valence-corrected chi connectivity index (χ4v) is 6.76. The van der Waals surface area contributed by atoms with Gasteiger partial charge in [-0.05, 0) is 60.0 Å². The third-order valence-electron chi connectivity index (χ3n) is 8.67. The van der Waals surface area contributed by atoms with Gasteiger partial charge in [-0.1, -0.05) is 36.0 Å². The van der Waals surface area contributed by atoms with Crippen molar-refractivity contribution in [1.82, 2.24) is 14.9 Å². The van der Waals surface area contributed by atoms with Gasteiger partial charge in [-0.2, -0.15) is 0 Å². The Kier molecular flexibility index (Phi) is 13.6. The predicted octanol–water partition coefficient (Wildman–Crippen LogP) is 8.04. The Labute approximate surface area is 316 Å². The second-order valence-electron chi connectivity index (χ2n) is 12.0. The summed E-state index contributed by atoms with van der Waals surface area (Å²) in [6.45, 7) is 2.36. The second kappa shape index (κ2) is 18.5. The van der Waals surface area contributed by atoms with E-state index >= 15 is 8.78 Å². The van der Waals surface area contributed by atoms with E-state index in [1.54, 1.807) is 55.1 Å². The Hall–Kier alpha value is -5.47. The number of hydrogen-bond donors (Lipinski definition) is 1. The van der Waals surface area contributed by atoms with Crippen LogP contribution in [-0.2, 0) is 26.6 Å². The Balaban J connectivity index is 1.36. The minimum atomic E-state index is -0.719. The molecule has 1 heterocycles. The number of nitrogens with one attached hydrogen (secondary N) is 1. The van der Waals surface area contributed by atoms with Crippen LogP contribution in [0.15, 0.2) is 84.1 Å². The van der Waals surface area contributed by atoms with Crippen molar-refractivity contribution in [3.63, 3.8) is 0 Å². The van der Waals surface area contributed by atoms with Gasteiger partial charge in [0, 0.05) is 55.2 Å². The molecule has 0 fully saturated rings. The number of benzene rings is 4. The fourth-order valence-electron chi connectivity index (χ4n) is 5.76. The van der Waals surface area contributed by atoms with Crippen molar-refractivity contribution in [2.45, 2.75) is 43.3 Å². The van der Waals surface area contributed by atoms with Gasteiger partial charge in [-0.25, -0.2) is 18.2 Å². The zero-order chi connectivity index (χ0) is 38.8. The predicted molar refractivity (Wildman–Crippen MR) is 202 cm³/mol. The van der Waals surface area contributed by atoms with E-state index in [4.69, 9.17) is 18.9 Å². The van der Waals surface area contributed by atoms with E-state index in [1.165, 1.54) is 38.5 Å². The van der Waals surface area contributed by atoms with Gasteiger partial charge in [0.1, 0.15) is 23.7 Å². The first-order valence-corrected chi connectivity index (χ1v) is 18.0. The van der Waals surface area contributed by atoms with Gasteiger partial charge in [0.05, 0.1) is 46.2 Å². The van der Waals surface area contributed by atoms with Crippen LogP contribution in [-0.4, -0.2) is 62.8 Å². The lowest BCUT2D eigenvalue weighted by Crippen LogP contribution is -2.32. The second-order valence-corrected chi connectivity index (χ2v) is 13.0. The summed E-state index contributed by atoms with van der Waals surface area (Å²) in [5.41, 5.74) is 2.94. The van der Waals surface area contributed by atoms with Crippen molar-refractivity contribution < 1.29 is 41.7 Å². The minimum Gasteiger partial charge on any atom is -0.494 e. The summed E-state index contributed by atoms with van der Waals surface area (Å²) in [5.74, 6) is -0.805. The van der Waals surface area contributed by atoms with E-state index < -0.39 is 17.5 Å². The molecular formula is C40H41F3N4O6S. The summed E-state index contributed by atoms with van der Waals surface area (Å²) in [4.78, 5) is 29.4. The van der Waals surface area contributed by atoms with E-state index in [1.807, 2.05) is 30.1 Å². The highest BCUT2D eigenvalue weighted by Crippen LogP contribution is 2.38. The van der Waals surface area contributed by atoms with Crippen LogP contribution in [0.2, 0.25) is 0 Å². The summed E-state index contributed by atoms with van der Waals surface area (Å²) in [6, 6.07) is 19.1. The van der Waals surface area contributed by atoms with Crippen LogP contribution in [0.25, 0.3) is 16.8 Å². The molecule has 0 bridgehead atoms. The van der Waals surface area contributed by atoms with Gasteiger partial charge in [0.15, 0.2) is 28.2 Å². The van der Waals surface area contributed by atoms with Crippen molar-refractivity contribution in [3.8, 4) is 34.1 Å². The van der Waals surface area contributed by atoms with Gasteiger partial charge in [0.2, 0.25) is 0 Å². The molecule has 0 saturated carbocycles. The molecule has 1 unspecified atom stereocenters. The van der Waals surface area contributed by atoms with E-state index in [2.05, 4.69) is 10.3 Å². The van der Waals surface area contributed by atoms with Crippen molar-refractivity contribution in [1.29, 1.82) is 0 Å². The molecule has 0 radical (unpaired) electrons. The molecule has 0 aliphatic rings. The highest BCUT2D eigenvalue weighted by atomic mass is 32.2. The molecule has 54 heavy (non-hydrogen) atoms. The number of carbonyl (C=O) groups is 2. The molecule has 1 aromatic heterocycles. The first-order chi connectivity index (χ1) is 26.1. The molecule has 0 saturated heterocycles.